The average Bonchev–Trinajstić information content (AvgIpc) is 2.43. The minimum absolute atomic E-state index is 0.349. The van der Waals surface area contributed by atoms with E-state index in [1.807, 2.05) is 12.1 Å². The van der Waals surface area contributed by atoms with E-state index >= 15 is 0 Å². The molecule has 0 unspecified atom stereocenters. The van der Waals surface area contributed by atoms with E-state index in [1.54, 1.807) is 12.1 Å². The molecule has 0 amide bonds. The summed E-state index contributed by atoms with van der Waals surface area (Å²) in [6.45, 7) is 8.72. The maximum atomic E-state index is 12.1. The second-order valence-corrected chi connectivity index (χ2v) is 7.45. The highest BCUT2D eigenvalue weighted by atomic mass is 32.2. The molecule has 4 nitrogen and oxygen atoms in total. The standard InChI is InChI=1S/C16H28N2O2S/c1-4-17-12-5-6-15-7-9-16(10-8-15)21(19,20)18-13-11-14(2)3/h7-10,14,17-18H,4-6,11-13H2,1-3H3. The topological polar surface area (TPSA) is 58.2 Å². The molecule has 0 aliphatic rings. The van der Waals surface area contributed by atoms with Gasteiger partial charge < -0.3 is 5.32 Å². The maximum absolute atomic E-state index is 12.1. The van der Waals surface area contributed by atoms with Crippen molar-refractivity contribution >= 4 is 10.0 Å². The van der Waals surface area contributed by atoms with Gasteiger partial charge in [0.1, 0.15) is 0 Å². The highest BCUT2D eigenvalue weighted by Gasteiger charge is 2.13. The quantitative estimate of drug-likeness (QED) is 0.653. The van der Waals surface area contributed by atoms with Gasteiger partial charge in [-0.25, -0.2) is 13.1 Å². The lowest BCUT2D eigenvalue weighted by Crippen LogP contribution is -2.25. The predicted molar refractivity (Wildman–Crippen MR) is 88.0 cm³/mol. The first-order valence-electron chi connectivity index (χ1n) is 7.75. The molecule has 0 bridgehead atoms. The number of aryl methyl sites for hydroxylation is 1. The van der Waals surface area contributed by atoms with Crippen molar-refractivity contribution in [2.75, 3.05) is 19.6 Å². The van der Waals surface area contributed by atoms with Crippen molar-refractivity contribution in [3.63, 3.8) is 0 Å². The van der Waals surface area contributed by atoms with Crippen molar-refractivity contribution < 1.29 is 8.42 Å². The van der Waals surface area contributed by atoms with Crippen LogP contribution in [0.25, 0.3) is 0 Å². The molecule has 0 saturated heterocycles. The SMILES string of the molecule is CCNCCCc1ccc(S(=O)(=O)NCCC(C)C)cc1. The Morgan fingerprint density at radius 3 is 2.33 bits per heavy atom. The Labute approximate surface area is 129 Å². The molecular formula is C16H28N2O2S. The summed E-state index contributed by atoms with van der Waals surface area (Å²) < 4.78 is 26.9. The summed E-state index contributed by atoms with van der Waals surface area (Å²) in [6, 6.07) is 7.20. The number of hydrogen-bond donors (Lipinski definition) is 2. The van der Waals surface area contributed by atoms with Crippen LogP contribution in [0.2, 0.25) is 0 Å². The molecule has 0 aromatic heterocycles. The van der Waals surface area contributed by atoms with Crippen molar-refractivity contribution in [2.45, 2.75) is 44.9 Å². The maximum Gasteiger partial charge on any atom is 0.240 e. The van der Waals surface area contributed by atoms with Gasteiger partial charge in [-0.15, -0.1) is 0 Å². The van der Waals surface area contributed by atoms with Crippen LogP contribution < -0.4 is 10.0 Å². The number of benzene rings is 1. The molecule has 0 aliphatic heterocycles. The Hall–Kier alpha value is -0.910. The number of rotatable bonds is 10. The third-order valence-corrected chi connectivity index (χ3v) is 4.79. The molecule has 1 aromatic rings. The first-order chi connectivity index (χ1) is 9.95. The van der Waals surface area contributed by atoms with Crippen LogP contribution in [0.5, 0.6) is 0 Å². The minimum atomic E-state index is -3.36. The van der Waals surface area contributed by atoms with Gasteiger partial charge in [-0.05, 0) is 56.0 Å². The number of nitrogens with one attached hydrogen (secondary N) is 2. The smallest absolute Gasteiger partial charge is 0.240 e. The van der Waals surface area contributed by atoms with Gasteiger partial charge in [0.25, 0.3) is 0 Å². The summed E-state index contributed by atoms with van der Waals surface area (Å²) in [7, 11) is -3.36. The van der Waals surface area contributed by atoms with E-state index in [2.05, 4.69) is 30.8 Å². The van der Waals surface area contributed by atoms with Gasteiger partial charge in [0.05, 0.1) is 4.90 Å². The third-order valence-electron chi connectivity index (χ3n) is 3.32. The fraction of sp³-hybridized carbons (Fsp3) is 0.625. The molecule has 0 spiro atoms. The minimum Gasteiger partial charge on any atom is -0.317 e. The molecule has 0 fully saturated rings. The van der Waals surface area contributed by atoms with Crippen LogP contribution in [0, 0.1) is 5.92 Å². The highest BCUT2D eigenvalue weighted by Crippen LogP contribution is 2.12. The Morgan fingerprint density at radius 2 is 1.76 bits per heavy atom. The van der Waals surface area contributed by atoms with Gasteiger partial charge in [-0.2, -0.15) is 0 Å². The second kappa shape index (κ2) is 9.18. The van der Waals surface area contributed by atoms with Crippen molar-refractivity contribution in [1.82, 2.24) is 10.0 Å². The van der Waals surface area contributed by atoms with E-state index in [0.717, 1.165) is 32.4 Å². The third kappa shape index (κ3) is 7.07. The number of hydrogen-bond acceptors (Lipinski definition) is 3. The molecule has 0 saturated carbocycles. The zero-order valence-corrected chi connectivity index (χ0v) is 14.2. The first kappa shape index (κ1) is 18.1. The molecule has 120 valence electrons. The highest BCUT2D eigenvalue weighted by molar-refractivity contribution is 7.89. The van der Waals surface area contributed by atoms with Crippen molar-refractivity contribution in [3.8, 4) is 0 Å². The van der Waals surface area contributed by atoms with Crippen molar-refractivity contribution in [3.05, 3.63) is 29.8 Å². The van der Waals surface area contributed by atoms with E-state index in [9.17, 15) is 8.42 Å². The largest absolute Gasteiger partial charge is 0.317 e. The molecule has 21 heavy (non-hydrogen) atoms. The molecule has 5 heteroatoms. The van der Waals surface area contributed by atoms with Gasteiger partial charge in [0.2, 0.25) is 10.0 Å². The zero-order valence-electron chi connectivity index (χ0n) is 13.4. The lowest BCUT2D eigenvalue weighted by Gasteiger charge is -2.09. The van der Waals surface area contributed by atoms with Crippen LogP contribution in [0.1, 0.15) is 39.2 Å². The Balaban J connectivity index is 2.52. The van der Waals surface area contributed by atoms with Crippen molar-refractivity contribution in [1.29, 1.82) is 0 Å². The molecule has 0 atom stereocenters. The van der Waals surface area contributed by atoms with Crippen molar-refractivity contribution in [2.24, 2.45) is 5.92 Å². The average molecular weight is 312 g/mol. The first-order valence-corrected chi connectivity index (χ1v) is 9.23. The van der Waals surface area contributed by atoms with E-state index in [0.29, 0.717) is 17.4 Å². The van der Waals surface area contributed by atoms with E-state index < -0.39 is 10.0 Å². The van der Waals surface area contributed by atoms with Gasteiger partial charge in [-0.3, -0.25) is 0 Å². The predicted octanol–water partition coefficient (Wildman–Crippen LogP) is 2.55. The van der Waals surface area contributed by atoms with E-state index in [4.69, 9.17) is 0 Å². The molecule has 0 radical (unpaired) electrons. The molecule has 0 aliphatic carbocycles. The molecular weight excluding hydrogens is 284 g/mol. The molecule has 1 aromatic carbocycles. The fourth-order valence-electron chi connectivity index (χ4n) is 1.99. The number of sulfonamides is 1. The van der Waals surface area contributed by atoms with Crippen LogP contribution in [-0.4, -0.2) is 28.1 Å². The Morgan fingerprint density at radius 1 is 1.10 bits per heavy atom. The lowest BCUT2D eigenvalue weighted by molar-refractivity contribution is 0.551. The second-order valence-electron chi connectivity index (χ2n) is 5.68. The summed E-state index contributed by atoms with van der Waals surface area (Å²) in [5.41, 5.74) is 1.18. The van der Waals surface area contributed by atoms with Gasteiger partial charge >= 0.3 is 0 Å². The lowest BCUT2D eigenvalue weighted by atomic mass is 10.1. The molecule has 1 rings (SSSR count). The van der Waals surface area contributed by atoms with E-state index in [-0.39, 0.29) is 0 Å². The van der Waals surface area contributed by atoms with Crippen LogP contribution >= 0.6 is 0 Å². The summed E-state index contributed by atoms with van der Waals surface area (Å²) in [6.07, 6.45) is 2.88. The summed E-state index contributed by atoms with van der Waals surface area (Å²) >= 11 is 0. The fourth-order valence-corrected chi connectivity index (χ4v) is 3.04. The van der Waals surface area contributed by atoms with Gasteiger partial charge in [-0.1, -0.05) is 32.9 Å². The Bertz CT molecular complexity index is 496. The Kier molecular flexibility index (Phi) is 7.93. The molecule has 0 heterocycles. The van der Waals surface area contributed by atoms with Crippen LogP contribution in [0.15, 0.2) is 29.2 Å². The van der Waals surface area contributed by atoms with Gasteiger partial charge in [0, 0.05) is 6.54 Å². The van der Waals surface area contributed by atoms with Crippen LogP contribution in [0.3, 0.4) is 0 Å². The summed E-state index contributed by atoms with van der Waals surface area (Å²) in [5.74, 6) is 0.492. The normalized spacial score (nSPS) is 12.0. The summed E-state index contributed by atoms with van der Waals surface area (Å²) in [4.78, 5) is 0.349. The van der Waals surface area contributed by atoms with Crippen LogP contribution in [-0.2, 0) is 16.4 Å². The summed E-state index contributed by atoms with van der Waals surface area (Å²) in [5, 5.41) is 3.28. The van der Waals surface area contributed by atoms with E-state index in [1.165, 1.54) is 5.56 Å². The molecule has 2 N–H and O–H groups in total. The van der Waals surface area contributed by atoms with Gasteiger partial charge in [0.15, 0.2) is 0 Å². The monoisotopic (exact) mass is 312 g/mol. The van der Waals surface area contributed by atoms with Crippen LogP contribution in [0.4, 0.5) is 0 Å². The zero-order chi connectivity index (χ0) is 15.7.